The van der Waals surface area contributed by atoms with E-state index >= 15 is 0 Å². The molecule has 8 aliphatic rings. The molecular weight excluding hydrogens is 1100 g/mol. The molecule has 7 nitrogen and oxygen atoms in total. The standard InChI is InChI=1S/C27H48O3.C27H46O2.C27H4.CH4.O2.21H2/c1-5-6-7-8-13-27(4,30)24-10-9-20-19-17-23(29)22-16-18(28)11-14-25(22,2)21(19)12-15-26(20,24)3;1-5-6-7-8-15-27(4,29)24-12-11-22-21-10-9-19-18-20(28)13-16-25(19,2)23(21)14-17-26(22,24)3;1-3-5-7-9-11-13-15-17-19-21-23-25-27-26-24-22-20-18-16-14-12-10-8-6-4-2;;1-2;;;;;;;;;;;;;;;;;;;;;/h18-24,28-30H,5-17H2,1-4H3;9,20-24,28-29H,5-8,10-18H2,1-4H3;1H,2H3;1H4;;21*1H/t18-,19?,20?,21?,22+,23-,24-,25+,26-,27-;20-,21?,22?,23?,24-,25-,26-,27-;;;;;;;;;;;;;;;;;;;;;;;;/m00......................../s1. The second-order valence-electron chi connectivity index (χ2n) is 27.8. The van der Waals surface area contributed by atoms with E-state index in [1.54, 1.807) is 12.5 Å². The Kier molecular flexibility index (Phi) is 30.6. The molecule has 6 unspecified atom stereocenters. The summed E-state index contributed by atoms with van der Waals surface area (Å²) >= 11 is 0. The van der Waals surface area contributed by atoms with Crippen LogP contribution in [-0.4, -0.2) is 55.0 Å². The highest BCUT2D eigenvalue weighted by molar-refractivity contribution is 5.48. The van der Waals surface area contributed by atoms with E-state index in [9.17, 15) is 25.5 Å². The number of rotatable bonds is 12. The molecule has 0 aromatic heterocycles. The minimum absolute atomic E-state index is 0. The third kappa shape index (κ3) is 19.5. The molecule has 0 spiro atoms. The van der Waals surface area contributed by atoms with E-state index in [1.165, 1.54) is 103 Å². The van der Waals surface area contributed by atoms with Crippen LogP contribution in [0.4, 0.5) is 0 Å². The summed E-state index contributed by atoms with van der Waals surface area (Å²) in [7, 11) is 0. The molecule has 0 saturated heterocycles. The van der Waals surface area contributed by atoms with Crippen molar-refractivity contribution in [2.45, 2.75) is 266 Å². The number of unbranched alkanes of at least 4 members (excludes halogenated alkanes) is 6. The number of hydrogen-bond donors (Lipinski definition) is 5. The zero-order valence-electron chi connectivity index (χ0n) is 54.5. The second kappa shape index (κ2) is 36.3. The van der Waals surface area contributed by atoms with Gasteiger partial charge in [-0.15, -0.1) is 6.42 Å². The lowest BCUT2D eigenvalue weighted by atomic mass is 9.43. The maximum absolute atomic E-state index is 11.6. The average molecular weight is 1240 g/mol. The molecule has 5 N–H and O–H groups in total. The second-order valence-corrected chi connectivity index (χ2v) is 27.8. The molecule has 0 aromatic rings. The van der Waals surface area contributed by atoms with Gasteiger partial charge in [-0.05, 0) is 306 Å². The Hall–Kier alpha value is -6.58. The lowest BCUT2D eigenvalue weighted by Gasteiger charge is -2.62. The van der Waals surface area contributed by atoms with Gasteiger partial charge in [0.15, 0.2) is 0 Å². The van der Waals surface area contributed by atoms with Gasteiger partial charge in [-0.25, -0.2) is 0 Å². The Morgan fingerprint density at radius 3 is 1.31 bits per heavy atom. The van der Waals surface area contributed by atoms with E-state index < -0.39 is 11.2 Å². The van der Waals surface area contributed by atoms with Crippen LogP contribution in [0, 0.1) is 239 Å². The molecule has 514 valence electrons. The molecule has 8 aliphatic carbocycles. The average Bonchev–Trinajstić information content (AvgIpc) is 1.41. The molecule has 8 rings (SSSR count). The van der Waals surface area contributed by atoms with Crippen LogP contribution in [0.3, 0.4) is 0 Å². The number of fused-ring (bicyclic) bond motifs is 10. The number of aliphatic hydroxyl groups is 5. The molecule has 89 heavy (non-hydrogen) atoms. The fraction of sp³-hybridized carbons (Fsp3) is 0.659. The maximum atomic E-state index is 11.6. The maximum Gasteiger partial charge on any atom is 0.0653 e. The fourth-order valence-corrected chi connectivity index (χ4v) is 18.9. The molecule has 7 saturated carbocycles. The highest BCUT2D eigenvalue weighted by Gasteiger charge is 2.64. The van der Waals surface area contributed by atoms with Crippen LogP contribution in [-0.2, 0) is 0 Å². The van der Waals surface area contributed by atoms with E-state index in [2.05, 4.69) is 209 Å². The van der Waals surface area contributed by atoms with Crippen molar-refractivity contribution in [1.29, 1.82) is 0 Å². The number of hydrogen-bond acceptors (Lipinski definition) is 7. The van der Waals surface area contributed by atoms with Crippen molar-refractivity contribution in [2.24, 2.45) is 74.9 Å². The quantitative estimate of drug-likeness (QED) is 0.0746. The molecule has 7 heteroatoms. The SMILES string of the molecule is C.C#CC#CC#CC#CC#CC#CC#CC#CC#CC#CC#CC#CC#CC.CCCCCC[C@](C)(O)[C@H]1CCC2C3CC=C4C[C@@H](O)CC[C@]4(C)C3CC[C@@]21C.CCCCCC[C@](C)(O)[C@H]1CCC2C3C[C@H](O)[C@H]4C[C@@H](O)CC[C@]4(C)C3CC[C@@]21C.O=O.[HH].[HH].[HH].[HH].[HH].[HH].[HH].[HH].[HH].[HH].[HH].[HH].[HH].[HH].[HH].[HH].[HH].[HH].[HH].[HH].[HH]. The Balaban J connectivity index is -0.0000000650. The predicted molar refractivity (Wildman–Crippen MR) is 408 cm³/mol. The van der Waals surface area contributed by atoms with Gasteiger partial charge in [0.1, 0.15) is 0 Å². The lowest BCUT2D eigenvalue weighted by Crippen LogP contribution is -2.59. The highest BCUT2D eigenvalue weighted by atomic mass is 16.7. The summed E-state index contributed by atoms with van der Waals surface area (Å²) in [6.07, 6.45) is 36.6. The van der Waals surface area contributed by atoms with Crippen molar-refractivity contribution in [1.82, 2.24) is 0 Å². The Bertz CT molecular complexity index is 3360. The van der Waals surface area contributed by atoms with Gasteiger partial charge in [0.2, 0.25) is 0 Å². The van der Waals surface area contributed by atoms with Crippen LogP contribution in [0.25, 0.3) is 0 Å². The monoisotopic (exact) mass is 1240 g/mol. The first-order chi connectivity index (χ1) is 42.3. The van der Waals surface area contributed by atoms with Crippen molar-refractivity contribution in [3.63, 3.8) is 0 Å². The fourth-order valence-electron chi connectivity index (χ4n) is 18.9. The minimum Gasteiger partial charge on any atom is -0.393 e. The van der Waals surface area contributed by atoms with Gasteiger partial charge in [-0.2, -0.15) is 0 Å². The third-order valence-corrected chi connectivity index (χ3v) is 22.9. The first-order valence-electron chi connectivity index (χ1n) is 33.0. The summed E-state index contributed by atoms with van der Waals surface area (Å²) in [5.74, 6) is 67.3. The van der Waals surface area contributed by atoms with Crippen LogP contribution < -0.4 is 0 Å². The van der Waals surface area contributed by atoms with Gasteiger partial charge in [0.25, 0.3) is 0 Å². The molecular formula is C82H144O7. The van der Waals surface area contributed by atoms with E-state index in [4.69, 9.17) is 16.4 Å². The van der Waals surface area contributed by atoms with Crippen molar-refractivity contribution >= 4 is 0 Å². The third-order valence-electron chi connectivity index (χ3n) is 22.9. The van der Waals surface area contributed by atoms with Crippen LogP contribution in [0.5, 0.6) is 0 Å². The zero-order valence-corrected chi connectivity index (χ0v) is 54.5. The van der Waals surface area contributed by atoms with Gasteiger partial charge >= 0.3 is 0 Å². The smallest absolute Gasteiger partial charge is 0.0653 e. The topological polar surface area (TPSA) is 135 Å². The predicted octanol–water partition coefficient (Wildman–Crippen LogP) is 18.9. The molecule has 0 radical (unpaired) electrons. The first-order valence-corrected chi connectivity index (χ1v) is 33.0. The van der Waals surface area contributed by atoms with Crippen LogP contribution >= 0.6 is 0 Å². The minimum atomic E-state index is -0.557. The van der Waals surface area contributed by atoms with Crippen molar-refractivity contribution in [3.8, 4) is 154 Å². The molecule has 0 bridgehead atoms. The van der Waals surface area contributed by atoms with Crippen LogP contribution in [0.1, 0.15) is 267 Å². The molecule has 0 aromatic carbocycles. The zero-order chi connectivity index (χ0) is 64.3. The lowest BCUT2D eigenvalue weighted by molar-refractivity contribution is -0.179. The Labute approximate surface area is 571 Å². The van der Waals surface area contributed by atoms with Crippen molar-refractivity contribution in [2.75, 3.05) is 0 Å². The van der Waals surface area contributed by atoms with E-state index in [-0.39, 0.29) is 72.4 Å². The van der Waals surface area contributed by atoms with Gasteiger partial charge in [0, 0.05) is 87.3 Å². The number of allylic oxidation sites excluding steroid dienone is 1. The molecule has 18 atom stereocenters. The Morgan fingerprint density at radius 1 is 0.483 bits per heavy atom. The van der Waals surface area contributed by atoms with Gasteiger partial charge in [-0.3, -0.25) is 0 Å². The highest BCUT2D eigenvalue weighted by Crippen LogP contribution is 2.70. The summed E-state index contributed by atoms with van der Waals surface area (Å²) in [4.78, 5) is 14.0. The summed E-state index contributed by atoms with van der Waals surface area (Å²) in [5, 5.41) is 54.7. The molecule has 0 amide bonds. The molecule has 0 aliphatic heterocycles. The summed E-state index contributed by atoms with van der Waals surface area (Å²) in [5.41, 5.74) is 1.54. The van der Waals surface area contributed by atoms with Crippen molar-refractivity contribution in [3.05, 3.63) is 21.6 Å². The van der Waals surface area contributed by atoms with Gasteiger partial charge in [-0.1, -0.05) is 118 Å². The number of terminal acetylenes is 1. The summed E-state index contributed by atoms with van der Waals surface area (Å²) in [6, 6.07) is 0. The first kappa shape index (κ1) is 74.9. The van der Waals surface area contributed by atoms with Crippen LogP contribution in [0.2, 0.25) is 0 Å². The summed E-state index contributed by atoms with van der Waals surface area (Å²) in [6.45, 7) is 20.5. The largest absolute Gasteiger partial charge is 0.393 e. The van der Waals surface area contributed by atoms with E-state index in [1.807, 2.05) is 0 Å². The number of aliphatic hydroxyl groups excluding tert-OH is 3. The van der Waals surface area contributed by atoms with Crippen molar-refractivity contribution < 1.29 is 55.5 Å². The van der Waals surface area contributed by atoms with Crippen LogP contribution in [0.15, 0.2) is 11.6 Å². The van der Waals surface area contributed by atoms with Gasteiger partial charge < -0.3 is 25.5 Å². The van der Waals surface area contributed by atoms with Gasteiger partial charge in [0.05, 0.1) is 29.5 Å². The normalized spacial score (nSPS) is 33.2. The molecule has 0 heterocycles. The van der Waals surface area contributed by atoms with E-state index in [0.717, 1.165) is 82.0 Å². The summed E-state index contributed by atoms with van der Waals surface area (Å²) < 4.78 is 0. The van der Waals surface area contributed by atoms with E-state index in [0.29, 0.717) is 40.4 Å². The Morgan fingerprint density at radius 2 is 0.876 bits per heavy atom. The molecule has 7 fully saturated rings.